The summed E-state index contributed by atoms with van der Waals surface area (Å²) in [4.78, 5) is 9.68. The largest absolute Gasteiger partial charge is 0.278 e. The second-order valence-electron chi connectivity index (χ2n) is 9.50. The number of hydrogen-bond acceptors (Lipinski definition) is 2. The highest BCUT2D eigenvalue weighted by Gasteiger charge is 2.17. The fourth-order valence-corrected chi connectivity index (χ4v) is 5.80. The van der Waals surface area contributed by atoms with Crippen molar-refractivity contribution in [1.82, 2.24) is 14.5 Å². The standard InChI is InChI=1S/C34H21N3/c1-2-10-22(11-3-1)23-20-35-34(36-21-23)37-32-17-9-8-16-28(32)31-18-29-26-14-6-4-12-24(26)25-13-5-7-15-27(25)30(29)19-33(31)37/h1-21H. The molecule has 0 saturated heterocycles. The van der Waals surface area contributed by atoms with Gasteiger partial charge < -0.3 is 0 Å². The molecule has 0 saturated carbocycles. The summed E-state index contributed by atoms with van der Waals surface area (Å²) in [7, 11) is 0. The summed E-state index contributed by atoms with van der Waals surface area (Å²) in [5.41, 5.74) is 4.34. The van der Waals surface area contributed by atoms with Crippen LogP contribution in [0.3, 0.4) is 0 Å². The minimum absolute atomic E-state index is 0.676. The highest BCUT2D eigenvalue weighted by Crippen LogP contribution is 2.40. The van der Waals surface area contributed by atoms with E-state index < -0.39 is 0 Å². The van der Waals surface area contributed by atoms with Crippen LogP contribution in [0.5, 0.6) is 0 Å². The van der Waals surface area contributed by atoms with Gasteiger partial charge in [-0.1, -0.05) is 97.1 Å². The Balaban J connectivity index is 1.48. The third-order valence-electron chi connectivity index (χ3n) is 7.48. The van der Waals surface area contributed by atoms with Crippen LogP contribution in [0.15, 0.2) is 128 Å². The molecule has 0 spiro atoms. The van der Waals surface area contributed by atoms with Gasteiger partial charge in [0.25, 0.3) is 0 Å². The number of para-hydroxylation sites is 1. The number of hydrogen-bond donors (Lipinski definition) is 0. The third-order valence-corrected chi connectivity index (χ3v) is 7.48. The molecule has 3 heteroatoms. The first kappa shape index (κ1) is 20.2. The van der Waals surface area contributed by atoms with E-state index in [0.717, 1.165) is 22.2 Å². The Morgan fingerprint density at radius 1 is 0.378 bits per heavy atom. The summed E-state index contributed by atoms with van der Waals surface area (Å²) in [6.07, 6.45) is 3.84. The van der Waals surface area contributed by atoms with Crippen molar-refractivity contribution in [2.24, 2.45) is 0 Å². The molecule has 0 bridgehead atoms. The lowest BCUT2D eigenvalue weighted by Crippen LogP contribution is -2.00. The van der Waals surface area contributed by atoms with Crippen LogP contribution in [0, 0.1) is 0 Å². The van der Waals surface area contributed by atoms with Crippen LogP contribution < -0.4 is 0 Å². The smallest absolute Gasteiger partial charge is 0.234 e. The molecule has 2 heterocycles. The molecule has 2 aromatic heterocycles. The number of rotatable bonds is 2. The zero-order valence-electron chi connectivity index (χ0n) is 20.0. The summed E-state index contributed by atoms with van der Waals surface area (Å²) in [6.45, 7) is 0. The SMILES string of the molecule is c1ccc(-c2cnc(-n3c4ccccc4c4cc5c6ccccc6c6ccccc6c5cc43)nc2)cc1. The Morgan fingerprint density at radius 2 is 0.892 bits per heavy atom. The Bertz CT molecular complexity index is 2120. The molecule has 8 rings (SSSR count). The first-order valence-corrected chi connectivity index (χ1v) is 12.5. The van der Waals surface area contributed by atoms with Gasteiger partial charge in [0.2, 0.25) is 5.95 Å². The van der Waals surface area contributed by atoms with Crippen LogP contribution >= 0.6 is 0 Å². The van der Waals surface area contributed by atoms with Crippen LogP contribution in [0.25, 0.3) is 71.2 Å². The van der Waals surface area contributed by atoms with Crippen molar-refractivity contribution in [2.75, 3.05) is 0 Å². The van der Waals surface area contributed by atoms with E-state index in [9.17, 15) is 0 Å². The maximum Gasteiger partial charge on any atom is 0.234 e. The van der Waals surface area contributed by atoms with E-state index >= 15 is 0 Å². The van der Waals surface area contributed by atoms with Crippen LogP contribution in [0.2, 0.25) is 0 Å². The highest BCUT2D eigenvalue weighted by molar-refractivity contribution is 6.28. The van der Waals surface area contributed by atoms with Crippen molar-refractivity contribution in [3.05, 3.63) is 128 Å². The van der Waals surface area contributed by atoms with E-state index in [2.05, 4.69) is 102 Å². The average Bonchev–Trinajstić information content (AvgIpc) is 3.30. The molecule has 3 nitrogen and oxygen atoms in total. The second kappa shape index (κ2) is 7.74. The van der Waals surface area contributed by atoms with Gasteiger partial charge in [0.05, 0.1) is 11.0 Å². The third kappa shape index (κ3) is 2.95. The first-order chi connectivity index (χ1) is 18.4. The molecule has 0 aliphatic carbocycles. The van der Waals surface area contributed by atoms with Crippen LogP contribution in [-0.4, -0.2) is 14.5 Å². The first-order valence-electron chi connectivity index (χ1n) is 12.5. The Kier molecular flexibility index (Phi) is 4.23. The van der Waals surface area contributed by atoms with Gasteiger partial charge in [0.1, 0.15) is 0 Å². The van der Waals surface area contributed by atoms with E-state index in [-0.39, 0.29) is 0 Å². The molecule has 0 aliphatic heterocycles. The predicted octanol–water partition coefficient (Wildman–Crippen LogP) is 8.70. The normalized spacial score (nSPS) is 11.8. The molecule has 0 amide bonds. The molecule has 0 atom stereocenters. The number of benzene rings is 6. The molecule has 37 heavy (non-hydrogen) atoms. The van der Waals surface area contributed by atoms with Gasteiger partial charge in [-0.05, 0) is 56.1 Å². The quantitative estimate of drug-likeness (QED) is 0.236. The van der Waals surface area contributed by atoms with Gasteiger partial charge in [0.15, 0.2) is 0 Å². The van der Waals surface area contributed by atoms with Gasteiger partial charge in [0, 0.05) is 28.7 Å². The molecule has 172 valence electrons. The molecular weight excluding hydrogens is 450 g/mol. The van der Waals surface area contributed by atoms with Crippen molar-refractivity contribution in [1.29, 1.82) is 0 Å². The van der Waals surface area contributed by atoms with Crippen LogP contribution in [0.4, 0.5) is 0 Å². The fraction of sp³-hybridized carbons (Fsp3) is 0. The zero-order valence-corrected chi connectivity index (χ0v) is 20.0. The van der Waals surface area contributed by atoms with E-state index in [0.29, 0.717) is 5.95 Å². The highest BCUT2D eigenvalue weighted by atomic mass is 15.1. The van der Waals surface area contributed by atoms with E-state index in [4.69, 9.17) is 9.97 Å². The summed E-state index contributed by atoms with van der Waals surface area (Å²) in [6, 6.07) is 40.9. The Labute approximate surface area is 213 Å². The molecule has 0 fully saturated rings. The summed E-state index contributed by atoms with van der Waals surface area (Å²) in [5, 5.41) is 10.0. The minimum Gasteiger partial charge on any atom is -0.278 e. The van der Waals surface area contributed by atoms with Gasteiger partial charge in [-0.2, -0.15) is 0 Å². The van der Waals surface area contributed by atoms with Gasteiger partial charge >= 0.3 is 0 Å². The van der Waals surface area contributed by atoms with E-state index in [1.54, 1.807) is 0 Å². The minimum atomic E-state index is 0.676. The summed E-state index contributed by atoms with van der Waals surface area (Å²) in [5.74, 6) is 0.676. The fourth-order valence-electron chi connectivity index (χ4n) is 5.80. The van der Waals surface area contributed by atoms with Crippen LogP contribution in [-0.2, 0) is 0 Å². The Morgan fingerprint density at radius 3 is 1.54 bits per heavy atom. The number of fused-ring (bicyclic) bond motifs is 9. The van der Waals surface area contributed by atoms with Crippen molar-refractivity contribution in [3.63, 3.8) is 0 Å². The topological polar surface area (TPSA) is 30.7 Å². The van der Waals surface area contributed by atoms with Gasteiger partial charge in [-0.15, -0.1) is 0 Å². The molecule has 6 aromatic carbocycles. The maximum atomic E-state index is 4.84. The molecule has 8 aromatic rings. The molecular formula is C34H21N3. The van der Waals surface area contributed by atoms with Gasteiger partial charge in [-0.3, -0.25) is 4.57 Å². The zero-order chi connectivity index (χ0) is 24.3. The van der Waals surface area contributed by atoms with E-state index in [1.807, 2.05) is 30.6 Å². The maximum absolute atomic E-state index is 4.84. The molecule has 0 N–H and O–H groups in total. The number of aromatic nitrogens is 3. The average molecular weight is 472 g/mol. The van der Waals surface area contributed by atoms with Crippen molar-refractivity contribution >= 4 is 54.1 Å². The van der Waals surface area contributed by atoms with E-state index in [1.165, 1.54) is 43.1 Å². The lowest BCUT2D eigenvalue weighted by Gasteiger charge is -2.12. The van der Waals surface area contributed by atoms with Crippen molar-refractivity contribution in [3.8, 4) is 17.1 Å². The summed E-state index contributed by atoms with van der Waals surface area (Å²) >= 11 is 0. The molecule has 0 radical (unpaired) electrons. The second-order valence-corrected chi connectivity index (χ2v) is 9.50. The number of nitrogens with zero attached hydrogens (tertiary/aromatic N) is 3. The predicted molar refractivity (Wildman–Crippen MR) is 154 cm³/mol. The van der Waals surface area contributed by atoms with Crippen LogP contribution in [0.1, 0.15) is 0 Å². The lowest BCUT2D eigenvalue weighted by atomic mass is 9.93. The van der Waals surface area contributed by atoms with Crippen molar-refractivity contribution in [2.45, 2.75) is 0 Å². The molecule has 0 aliphatic rings. The van der Waals surface area contributed by atoms with Gasteiger partial charge in [-0.25, -0.2) is 9.97 Å². The molecule has 0 unspecified atom stereocenters. The summed E-state index contributed by atoms with van der Waals surface area (Å²) < 4.78 is 2.20. The lowest BCUT2D eigenvalue weighted by molar-refractivity contribution is 0.990. The Hall–Kier alpha value is -5.02. The van der Waals surface area contributed by atoms with Crippen molar-refractivity contribution < 1.29 is 0 Å². The monoisotopic (exact) mass is 471 g/mol.